The summed E-state index contributed by atoms with van der Waals surface area (Å²) < 4.78 is 36.5. The Kier molecular flexibility index (Phi) is 6.58. The third kappa shape index (κ3) is 4.58. The van der Waals surface area contributed by atoms with Gasteiger partial charge < -0.3 is 9.47 Å². The van der Waals surface area contributed by atoms with Crippen molar-refractivity contribution >= 4 is 21.8 Å². The Labute approximate surface area is 164 Å². The molecule has 2 aromatic rings. The maximum absolute atomic E-state index is 12.5. The second-order valence-corrected chi connectivity index (χ2v) is 8.20. The standard InChI is InChI=1S/C20H23NO6S/c1-12-8-13(2)19(14(3)9-12)16(22)11-27-20(23)15-6-7-17(26-5)18(10-15)28(24,25)21-4/h6-10,21H,11H2,1-5H3. The number of aryl methyl sites for hydroxylation is 3. The lowest BCUT2D eigenvalue weighted by molar-refractivity contribution is 0.0474. The number of carbonyl (C=O) groups excluding carboxylic acids is 2. The minimum absolute atomic E-state index is 0.000208. The average Bonchev–Trinajstić information content (AvgIpc) is 2.64. The summed E-state index contributed by atoms with van der Waals surface area (Å²) in [5, 5.41) is 0. The first-order valence-electron chi connectivity index (χ1n) is 8.50. The van der Waals surface area contributed by atoms with Gasteiger partial charge in [0.25, 0.3) is 0 Å². The van der Waals surface area contributed by atoms with Gasteiger partial charge in [-0.2, -0.15) is 0 Å². The van der Waals surface area contributed by atoms with Gasteiger partial charge in [-0.05, 0) is 57.1 Å². The number of methoxy groups -OCH3 is 1. The number of sulfonamides is 1. The lowest BCUT2D eigenvalue weighted by atomic mass is 9.97. The van der Waals surface area contributed by atoms with Crippen LogP contribution in [-0.2, 0) is 14.8 Å². The Morgan fingerprint density at radius 3 is 2.18 bits per heavy atom. The van der Waals surface area contributed by atoms with Crippen LogP contribution in [0.1, 0.15) is 37.4 Å². The molecular formula is C20H23NO6S. The number of Topliss-reactive ketones (excluding diaryl/α,β-unsaturated/α-hetero) is 1. The number of esters is 1. The Morgan fingerprint density at radius 1 is 1.04 bits per heavy atom. The minimum atomic E-state index is -3.84. The summed E-state index contributed by atoms with van der Waals surface area (Å²) in [6.45, 7) is 5.15. The SMILES string of the molecule is CNS(=O)(=O)c1cc(C(=O)OCC(=O)c2c(C)cc(C)cc2C)ccc1OC. The Balaban J connectivity index is 2.22. The molecule has 0 aliphatic carbocycles. The molecule has 2 aromatic carbocycles. The number of nitrogens with one attached hydrogen (secondary N) is 1. The van der Waals surface area contributed by atoms with Crippen molar-refractivity contribution in [2.45, 2.75) is 25.7 Å². The molecule has 1 N–H and O–H groups in total. The fourth-order valence-corrected chi connectivity index (χ4v) is 3.95. The topological polar surface area (TPSA) is 98.8 Å². The number of rotatable bonds is 7. The van der Waals surface area contributed by atoms with Crippen LogP contribution >= 0.6 is 0 Å². The molecule has 0 fully saturated rings. The predicted octanol–water partition coefficient (Wildman–Crippen LogP) is 2.57. The summed E-state index contributed by atoms with van der Waals surface area (Å²) in [4.78, 5) is 24.7. The van der Waals surface area contributed by atoms with E-state index in [2.05, 4.69) is 4.72 Å². The van der Waals surface area contributed by atoms with E-state index in [0.29, 0.717) is 5.56 Å². The largest absolute Gasteiger partial charge is 0.495 e. The van der Waals surface area contributed by atoms with Crippen LogP contribution in [0, 0.1) is 20.8 Å². The Morgan fingerprint density at radius 2 is 1.64 bits per heavy atom. The average molecular weight is 405 g/mol. The molecule has 2 rings (SSSR count). The van der Waals surface area contributed by atoms with Gasteiger partial charge in [0, 0.05) is 5.56 Å². The quantitative estimate of drug-likeness (QED) is 0.561. The first-order chi connectivity index (χ1) is 13.1. The van der Waals surface area contributed by atoms with Gasteiger partial charge in [0.2, 0.25) is 15.8 Å². The van der Waals surface area contributed by atoms with E-state index >= 15 is 0 Å². The van der Waals surface area contributed by atoms with Gasteiger partial charge in [0.15, 0.2) is 6.61 Å². The molecule has 28 heavy (non-hydrogen) atoms. The summed E-state index contributed by atoms with van der Waals surface area (Å²) in [5.41, 5.74) is 3.18. The third-order valence-electron chi connectivity index (χ3n) is 4.25. The molecule has 0 aliphatic rings. The summed E-state index contributed by atoms with van der Waals surface area (Å²) >= 11 is 0. The molecule has 150 valence electrons. The number of ketones is 1. The molecule has 0 amide bonds. The van der Waals surface area contributed by atoms with Crippen LogP contribution in [0.2, 0.25) is 0 Å². The van der Waals surface area contributed by atoms with Crippen molar-refractivity contribution in [1.29, 1.82) is 0 Å². The van der Waals surface area contributed by atoms with E-state index in [1.807, 2.05) is 32.9 Å². The first kappa shape index (κ1) is 21.6. The van der Waals surface area contributed by atoms with Crippen LogP contribution in [0.3, 0.4) is 0 Å². The van der Waals surface area contributed by atoms with Crippen molar-refractivity contribution in [2.75, 3.05) is 20.8 Å². The second kappa shape index (κ2) is 8.53. The number of hydrogen-bond acceptors (Lipinski definition) is 6. The van der Waals surface area contributed by atoms with Crippen molar-refractivity contribution in [3.8, 4) is 5.75 Å². The lowest BCUT2D eigenvalue weighted by Gasteiger charge is -2.12. The van der Waals surface area contributed by atoms with Crippen molar-refractivity contribution in [2.24, 2.45) is 0 Å². The van der Waals surface area contributed by atoms with E-state index in [-0.39, 0.29) is 22.0 Å². The maximum atomic E-state index is 12.5. The van der Waals surface area contributed by atoms with Gasteiger partial charge in [0.05, 0.1) is 12.7 Å². The highest BCUT2D eigenvalue weighted by Gasteiger charge is 2.22. The van der Waals surface area contributed by atoms with E-state index in [1.54, 1.807) is 0 Å². The molecule has 0 aliphatic heterocycles. The normalized spacial score (nSPS) is 11.2. The van der Waals surface area contributed by atoms with E-state index in [4.69, 9.17) is 9.47 Å². The molecule has 0 radical (unpaired) electrons. The molecule has 0 saturated carbocycles. The number of ether oxygens (including phenoxy) is 2. The molecule has 0 bridgehead atoms. The van der Waals surface area contributed by atoms with E-state index in [1.165, 1.54) is 26.3 Å². The smallest absolute Gasteiger partial charge is 0.338 e. The van der Waals surface area contributed by atoms with Gasteiger partial charge in [0.1, 0.15) is 10.6 Å². The van der Waals surface area contributed by atoms with Crippen LogP contribution < -0.4 is 9.46 Å². The Hall–Kier alpha value is -2.71. The second-order valence-electron chi connectivity index (χ2n) is 6.35. The van der Waals surface area contributed by atoms with Crippen molar-refractivity contribution < 1.29 is 27.5 Å². The molecule has 0 unspecified atom stereocenters. The molecule has 0 spiro atoms. The zero-order chi connectivity index (χ0) is 21.1. The van der Waals surface area contributed by atoms with Gasteiger partial charge in [-0.3, -0.25) is 4.79 Å². The Bertz CT molecular complexity index is 1000. The number of benzene rings is 2. The van der Waals surface area contributed by atoms with E-state index < -0.39 is 22.6 Å². The zero-order valence-electron chi connectivity index (χ0n) is 16.5. The highest BCUT2D eigenvalue weighted by Crippen LogP contribution is 2.25. The van der Waals surface area contributed by atoms with Gasteiger partial charge >= 0.3 is 5.97 Å². The predicted molar refractivity (Wildman–Crippen MR) is 105 cm³/mol. The third-order valence-corrected chi connectivity index (χ3v) is 5.68. The lowest BCUT2D eigenvalue weighted by Crippen LogP contribution is -2.20. The highest BCUT2D eigenvalue weighted by atomic mass is 32.2. The van der Waals surface area contributed by atoms with E-state index in [9.17, 15) is 18.0 Å². The zero-order valence-corrected chi connectivity index (χ0v) is 17.3. The van der Waals surface area contributed by atoms with Crippen LogP contribution in [0.4, 0.5) is 0 Å². The summed E-state index contributed by atoms with van der Waals surface area (Å²) in [6, 6.07) is 7.67. The fraction of sp³-hybridized carbons (Fsp3) is 0.300. The first-order valence-corrected chi connectivity index (χ1v) is 9.98. The van der Waals surface area contributed by atoms with E-state index in [0.717, 1.165) is 22.8 Å². The molecule has 8 heteroatoms. The summed E-state index contributed by atoms with van der Waals surface area (Å²) in [7, 11) is -1.26. The summed E-state index contributed by atoms with van der Waals surface area (Å²) in [5.74, 6) is -1.03. The summed E-state index contributed by atoms with van der Waals surface area (Å²) in [6.07, 6.45) is 0. The molecule has 0 atom stereocenters. The van der Waals surface area contributed by atoms with Crippen LogP contribution in [0.15, 0.2) is 35.2 Å². The molecule has 7 nitrogen and oxygen atoms in total. The molecule has 0 heterocycles. The number of carbonyl (C=O) groups is 2. The highest BCUT2D eigenvalue weighted by molar-refractivity contribution is 7.89. The molecule has 0 saturated heterocycles. The monoisotopic (exact) mass is 405 g/mol. The molecule has 0 aromatic heterocycles. The van der Waals surface area contributed by atoms with Gasteiger partial charge in [-0.1, -0.05) is 17.7 Å². The van der Waals surface area contributed by atoms with Crippen LogP contribution in [-0.4, -0.2) is 40.9 Å². The van der Waals surface area contributed by atoms with Crippen molar-refractivity contribution in [3.05, 3.63) is 58.1 Å². The van der Waals surface area contributed by atoms with Gasteiger partial charge in [-0.15, -0.1) is 0 Å². The van der Waals surface area contributed by atoms with Crippen molar-refractivity contribution in [3.63, 3.8) is 0 Å². The maximum Gasteiger partial charge on any atom is 0.338 e. The molecular weight excluding hydrogens is 382 g/mol. The van der Waals surface area contributed by atoms with Crippen LogP contribution in [0.5, 0.6) is 5.75 Å². The van der Waals surface area contributed by atoms with Crippen molar-refractivity contribution in [1.82, 2.24) is 4.72 Å². The van der Waals surface area contributed by atoms with Gasteiger partial charge in [-0.25, -0.2) is 17.9 Å². The fourth-order valence-electron chi connectivity index (χ4n) is 3.03. The van der Waals surface area contributed by atoms with Crippen LogP contribution in [0.25, 0.3) is 0 Å². The minimum Gasteiger partial charge on any atom is -0.495 e. The number of hydrogen-bond donors (Lipinski definition) is 1.